The third-order valence-electron chi connectivity index (χ3n) is 5.26. The first-order valence-corrected chi connectivity index (χ1v) is 12.2. The van der Waals surface area contributed by atoms with Crippen molar-refractivity contribution in [1.82, 2.24) is 5.32 Å². The number of benzene rings is 3. The molecule has 0 saturated heterocycles. The van der Waals surface area contributed by atoms with Crippen LogP contribution in [0.5, 0.6) is 5.75 Å². The topological polar surface area (TPSA) is 96.9 Å². The Morgan fingerprint density at radius 1 is 0.973 bits per heavy atom. The van der Waals surface area contributed by atoms with Crippen LogP contribution in [0.1, 0.15) is 49.2 Å². The van der Waals surface area contributed by atoms with E-state index in [1.165, 1.54) is 0 Å². The van der Waals surface area contributed by atoms with Crippen molar-refractivity contribution in [3.8, 4) is 5.75 Å². The number of nitrogens with one attached hydrogen (secondary N) is 2. The third kappa shape index (κ3) is 9.79. The van der Waals surface area contributed by atoms with E-state index in [4.69, 9.17) is 21.1 Å². The maximum atomic E-state index is 12.8. The van der Waals surface area contributed by atoms with E-state index in [0.717, 1.165) is 11.1 Å². The molecule has 7 nitrogen and oxygen atoms in total. The Morgan fingerprint density at radius 3 is 2.30 bits per heavy atom. The first kappa shape index (κ1) is 29.7. The molecule has 1 atom stereocenters. The van der Waals surface area contributed by atoms with Gasteiger partial charge in [-0.3, -0.25) is 10.1 Å². The Balaban J connectivity index is 0.00000481. The van der Waals surface area contributed by atoms with Crippen LogP contribution in [-0.2, 0) is 17.8 Å². The molecule has 0 aromatic heterocycles. The lowest BCUT2D eigenvalue weighted by Crippen LogP contribution is -2.37. The Labute approximate surface area is 223 Å². The molecule has 0 heterocycles. The first-order valence-electron chi connectivity index (χ1n) is 11.8. The van der Waals surface area contributed by atoms with E-state index < -0.39 is 6.09 Å². The number of hydrogen-bond acceptors (Lipinski definition) is 5. The summed E-state index contributed by atoms with van der Waals surface area (Å²) in [5, 5.41) is 15.5. The van der Waals surface area contributed by atoms with Crippen molar-refractivity contribution in [2.24, 2.45) is 0 Å². The minimum absolute atomic E-state index is 0. The normalized spacial score (nSPS) is 11.3. The van der Waals surface area contributed by atoms with Gasteiger partial charge in [0, 0.05) is 23.9 Å². The molecule has 0 bridgehead atoms. The molecule has 0 spiro atoms. The first-order chi connectivity index (χ1) is 17.3. The number of aliphatic hydroxyl groups excluding tert-OH is 1. The molecule has 3 aromatic rings. The van der Waals surface area contributed by atoms with E-state index in [1.807, 2.05) is 56.3 Å². The van der Waals surface area contributed by atoms with Gasteiger partial charge in [-0.05, 0) is 68.1 Å². The van der Waals surface area contributed by atoms with E-state index in [9.17, 15) is 14.7 Å². The van der Waals surface area contributed by atoms with Crippen molar-refractivity contribution in [2.75, 3.05) is 11.9 Å². The second kappa shape index (κ2) is 14.9. The molecule has 0 saturated carbocycles. The molecule has 0 fully saturated rings. The summed E-state index contributed by atoms with van der Waals surface area (Å²) >= 11 is 6.26. The highest BCUT2D eigenvalue weighted by molar-refractivity contribution is 6.32. The fraction of sp³-hybridized carbons (Fsp3) is 0.310. The zero-order chi connectivity index (χ0) is 25.9. The Bertz CT molecular complexity index is 1140. The molecular formula is C29H35ClN2O5. The van der Waals surface area contributed by atoms with Gasteiger partial charge in [-0.15, -0.1) is 0 Å². The average Bonchev–Trinajstić information content (AvgIpc) is 2.85. The Kier molecular flexibility index (Phi) is 11.9. The van der Waals surface area contributed by atoms with Crippen LogP contribution in [0.3, 0.4) is 0 Å². The Hall–Kier alpha value is -3.55. The van der Waals surface area contributed by atoms with Crippen LogP contribution in [0.2, 0.25) is 5.02 Å². The monoisotopic (exact) mass is 526 g/mol. The number of ether oxygens (including phenoxy) is 2. The van der Waals surface area contributed by atoms with E-state index >= 15 is 0 Å². The summed E-state index contributed by atoms with van der Waals surface area (Å²) < 4.78 is 10.9. The summed E-state index contributed by atoms with van der Waals surface area (Å²) in [6.07, 6.45) is 0.325. The van der Waals surface area contributed by atoms with Crippen molar-refractivity contribution in [2.45, 2.75) is 52.9 Å². The zero-order valence-electron chi connectivity index (χ0n) is 20.4. The fourth-order valence-corrected chi connectivity index (χ4v) is 3.75. The number of rotatable bonds is 11. The van der Waals surface area contributed by atoms with Crippen LogP contribution >= 0.6 is 11.6 Å². The Morgan fingerprint density at radius 2 is 1.68 bits per heavy atom. The molecule has 0 aliphatic heterocycles. The second-order valence-corrected chi connectivity index (χ2v) is 8.99. The predicted molar refractivity (Wildman–Crippen MR) is 147 cm³/mol. The molecule has 0 aliphatic carbocycles. The third-order valence-corrected chi connectivity index (χ3v) is 5.56. The predicted octanol–water partition coefficient (Wildman–Crippen LogP) is 6.24. The van der Waals surface area contributed by atoms with Gasteiger partial charge >= 0.3 is 6.09 Å². The minimum atomic E-state index is -0.541. The van der Waals surface area contributed by atoms with Gasteiger partial charge < -0.3 is 19.9 Å². The largest absolute Gasteiger partial charge is 0.489 e. The zero-order valence-corrected chi connectivity index (χ0v) is 21.1. The summed E-state index contributed by atoms with van der Waals surface area (Å²) in [7, 11) is 0. The lowest BCUT2D eigenvalue weighted by Gasteiger charge is -2.19. The quantitative estimate of drug-likeness (QED) is 0.275. The summed E-state index contributed by atoms with van der Waals surface area (Å²) in [4.78, 5) is 24.9. The highest BCUT2D eigenvalue weighted by Gasteiger charge is 2.16. The standard InChI is InChI=1S/C28H31ClN2O5.CH4/c1-19(2)36-26-13-10-22(17-25(26)29)27(33)30-24(14-15-32)16-20-8-11-23(12-9-20)31-28(34)35-18-21-6-4-3-5-7-21;/h3-13,17,19,24,32H,14-16,18H2,1-2H3,(H,30,33)(H,31,34);1H4/t24-;/m1./s1. The van der Waals surface area contributed by atoms with Gasteiger partial charge in [0.15, 0.2) is 0 Å². The number of hydrogen-bond donors (Lipinski definition) is 3. The summed E-state index contributed by atoms with van der Waals surface area (Å²) in [6, 6.07) is 21.3. The van der Waals surface area contributed by atoms with Gasteiger partial charge in [-0.1, -0.05) is 61.5 Å². The molecule has 8 heteroatoms. The van der Waals surface area contributed by atoms with Crippen LogP contribution in [0, 0.1) is 0 Å². The molecule has 3 rings (SSSR count). The highest BCUT2D eigenvalue weighted by Crippen LogP contribution is 2.26. The molecule has 2 amide bonds. The van der Waals surface area contributed by atoms with Gasteiger partial charge in [0.2, 0.25) is 0 Å². The average molecular weight is 527 g/mol. The van der Waals surface area contributed by atoms with Crippen molar-refractivity contribution >= 4 is 29.3 Å². The molecule has 0 unspecified atom stereocenters. The van der Waals surface area contributed by atoms with E-state index in [-0.39, 0.29) is 38.7 Å². The van der Waals surface area contributed by atoms with Crippen LogP contribution in [0.4, 0.5) is 10.5 Å². The number of halogens is 1. The summed E-state index contributed by atoms with van der Waals surface area (Å²) in [5.74, 6) is 0.235. The van der Waals surface area contributed by atoms with Gasteiger partial charge in [0.25, 0.3) is 5.91 Å². The van der Waals surface area contributed by atoms with Crippen molar-refractivity contribution in [3.63, 3.8) is 0 Å². The van der Waals surface area contributed by atoms with Gasteiger partial charge in [0.05, 0.1) is 11.1 Å². The second-order valence-electron chi connectivity index (χ2n) is 8.58. The molecule has 3 N–H and O–H groups in total. The molecule has 0 aliphatic rings. The lowest BCUT2D eigenvalue weighted by molar-refractivity contribution is 0.0930. The fourth-order valence-electron chi connectivity index (χ4n) is 3.53. The molecular weight excluding hydrogens is 492 g/mol. The number of aliphatic hydroxyl groups is 1. The van der Waals surface area contributed by atoms with E-state index in [2.05, 4.69) is 10.6 Å². The minimum Gasteiger partial charge on any atom is -0.489 e. The summed E-state index contributed by atoms with van der Waals surface area (Å²) in [6.45, 7) is 3.92. The van der Waals surface area contributed by atoms with E-state index in [1.54, 1.807) is 30.3 Å². The molecule has 0 radical (unpaired) electrons. The van der Waals surface area contributed by atoms with Crippen LogP contribution in [-0.4, -0.2) is 35.9 Å². The maximum Gasteiger partial charge on any atom is 0.411 e. The number of carbonyl (C=O) groups excluding carboxylic acids is 2. The van der Waals surface area contributed by atoms with Gasteiger partial charge in [-0.2, -0.15) is 0 Å². The molecule has 37 heavy (non-hydrogen) atoms. The van der Waals surface area contributed by atoms with Crippen molar-refractivity contribution in [3.05, 3.63) is 94.5 Å². The van der Waals surface area contributed by atoms with Crippen molar-refractivity contribution < 1.29 is 24.2 Å². The molecule has 198 valence electrons. The van der Waals surface area contributed by atoms with Crippen molar-refractivity contribution in [1.29, 1.82) is 0 Å². The van der Waals surface area contributed by atoms with Gasteiger partial charge in [-0.25, -0.2) is 4.79 Å². The van der Waals surface area contributed by atoms with Crippen LogP contribution in [0.15, 0.2) is 72.8 Å². The highest BCUT2D eigenvalue weighted by atomic mass is 35.5. The maximum absolute atomic E-state index is 12.8. The SMILES string of the molecule is C.CC(C)Oc1ccc(C(=O)N[C@H](CCO)Cc2ccc(NC(=O)OCc3ccccc3)cc2)cc1Cl. The smallest absolute Gasteiger partial charge is 0.411 e. The number of carbonyl (C=O) groups is 2. The lowest BCUT2D eigenvalue weighted by atomic mass is 10.0. The van der Waals surface area contributed by atoms with Gasteiger partial charge in [0.1, 0.15) is 12.4 Å². The van der Waals surface area contributed by atoms with Crippen LogP contribution < -0.4 is 15.4 Å². The number of anilines is 1. The number of amides is 2. The van der Waals surface area contributed by atoms with E-state index in [0.29, 0.717) is 34.9 Å². The molecule has 3 aromatic carbocycles. The van der Waals surface area contributed by atoms with Crippen LogP contribution in [0.25, 0.3) is 0 Å². The summed E-state index contributed by atoms with van der Waals surface area (Å²) in [5.41, 5.74) is 2.85.